The number of rotatable bonds is 5. The van der Waals surface area contributed by atoms with E-state index in [0.29, 0.717) is 12.3 Å². The van der Waals surface area contributed by atoms with Crippen molar-refractivity contribution in [2.24, 2.45) is 9.98 Å². The highest BCUT2D eigenvalue weighted by atomic mass is 32.1. The molecule has 0 saturated carbocycles. The van der Waals surface area contributed by atoms with Gasteiger partial charge in [0.1, 0.15) is 0 Å². The molecule has 0 saturated heterocycles. The predicted octanol–water partition coefficient (Wildman–Crippen LogP) is 13.4. The molecule has 0 atom stereocenters. The molecule has 0 fully saturated rings. The van der Waals surface area contributed by atoms with Gasteiger partial charge in [-0.1, -0.05) is 117 Å². The molecule has 3 aromatic heterocycles. The Labute approximate surface area is 328 Å². The van der Waals surface area contributed by atoms with E-state index in [9.17, 15) is 0 Å². The number of hydrogen-bond donors (Lipinski definition) is 0. The van der Waals surface area contributed by atoms with Crippen molar-refractivity contribution in [3.8, 4) is 16.8 Å². The van der Waals surface area contributed by atoms with E-state index in [1.165, 1.54) is 80.6 Å². The minimum Gasteiger partial charge on any atom is -0.309 e. The van der Waals surface area contributed by atoms with Gasteiger partial charge in [0.2, 0.25) is 0 Å². The van der Waals surface area contributed by atoms with Crippen LogP contribution in [-0.2, 0) is 11.8 Å². The maximum atomic E-state index is 5.08. The van der Waals surface area contributed by atoms with Crippen molar-refractivity contribution in [3.63, 3.8) is 0 Å². The van der Waals surface area contributed by atoms with Crippen molar-refractivity contribution in [1.29, 1.82) is 0 Å². The summed E-state index contributed by atoms with van der Waals surface area (Å²) in [4.78, 5) is 14.3. The number of aromatic nitrogens is 2. The Kier molecular flexibility index (Phi) is 7.26. The van der Waals surface area contributed by atoms with Gasteiger partial charge in [0, 0.05) is 65.6 Å². The van der Waals surface area contributed by atoms with E-state index in [0.717, 1.165) is 22.6 Å². The van der Waals surface area contributed by atoms with Crippen molar-refractivity contribution in [2.75, 3.05) is 0 Å². The first kappa shape index (κ1) is 32.7. The third-order valence-corrected chi connectivity index (χ3v) is 13.0. The van der Waals surface area contributed by atoms with Crippen molar-refractivity contribution < 1.29 is 0 Å². The molecule has 0 N–H and O–H groups in total. The second kappa shape index (κ2) is 12.4. The van der Waals surface area contributed by atoms with Gasteiger partial charge in [-0.3, -0.25) is 4.98 Å². The molecule has 3 heterocycles. The van der Waals surface area contributed by atoms with E-state index >= 15 is 0 Å². The van der Waals surface area contributed by atoms with Crippen LogP contribution in [-0.4, -0.2) is 22.1 Å². The third kappa shape index (κ3) is 4.81. The Hall–Kier alpha value is -6.69. The molecule has 0 spiro atoms. The van der Waals surface area contributed by atoms with Crippen LogP contribution in [0, 0.1) is 0 Å². The Balaban J connectivity index is 0.996. The summed E-state index contributed by atoms with van der Waals surface area (Å²) < 4.78 is 5.07. The summed E-state index contributed by atoms with van der Waals surface area (Å²) in [6.45, 7) is 8.59. The first-order chi connectivity index (χ1) is 27.5. The first-order valence-electron chi connectivity index (χ1n) is 19.1. The van der Waals surface area contributed by atoms with E-state index in [2.05, 4.69) is 170 Å². The van der Waals surface area contributed by atoms with Crippen LogP contribution in [0.5, 0.6) is 0 Å². The van der Waals surface area contributed by atoms with Crippen LogP contribution in [0.15, 0.2) is 168 Å². The molecule has 1 aliphatic rings. The van der Waals surface area contributed by atoms with Gasteiger partial charge in [0.15, 0.2) is 5.84 Å². The highest BCUT2D eigenvalue weighted by molar-refractivity contribution is 7.27. The van der Waals surface area contributed by atoms with E-state index < -0.39 is 0 Å². The lowest BCUT2D eigenvalue weighted by molar-refractivity contribution is 0.659. The molecule has 5 heteroatoms. The predicted molar refractivity (Wildman–Crippen MR) is 238 cm³/mol. The second-order valence-electron chi connectivity index (χ2n) is 15.3. The average molecular weight is 737 g/mol. The van der Waals surface area contributed by atoms with Crippen LogP contribution >= 0.6 is 11.3 Å². The summed E-state index contributed by atoms with van der Waals surface area (Å²) >= 11 is 1.89. The Morgan fingerprint density at radius 2 is 1.39 bits per heavy atom. The normalized spacial score (nSPS) is 13.6. The monoisotopic (exact) mass is 736 g/mol. The van der Waals surface area contributed by atoms with Crippen LogP contribution in [0.25, 0.3) is 69.6 Å². The zero-order valence-electron chi connectivity index (χ0n) is 31.1. The minimum atomic E-state index is -0.0592. The molecule has 0 radical (unpaired) electrons. The van der Waals surface area contributed by atoms with Gasteiger partial charge < -0.3 is 4.57 Å². The summed E-state index contributed by atoms with van der Waals surface area (Å²) in [5, 5.41) is 7.73. The molecule has 0 aliphatic heterocycles. The number of amidine groups is 1. The SMILES string of the molecule is C=NC(=Nc1cccnc1Cc1ccc2c(c1)C(C)(C)c1ccccc1-2)c1ccc(-n2c3ccccc3c3c4sc5ccccc5c4c4ccccc4c32)cc1. The van der Waals surface area contributed by atoms with Crippen LogP contribution in [0.2, 0.25) is 0 Å². The highest BCUT2D eigenvalue weighted by Crippen LogP contribution is 2.50. The summed E-state index contributed by atoms with van der Waals surface area (Å²) in [5.74, 6) is 0.566. The first-order valence-corrected chi connectivity index (χ1v) is 19.9. The molecule has 7 aromatic carbocycles. The van der Waals surface area contributed by atoms with Crippen molar-refractivity contribution in [3.05, 3.63) is 186 Å². The van der Waals surface area contributed by atoms with Crippen LogP contribution < -0.4 is 0 Å². The topological polar surface area (TPSA) is 42.5 Å². The van der Waals surface area contributed by atoms with Crippen LogP contribution in [0.1, 0.15) is 41.8 Å². The number of thiophene rings is 1. The molecule has 0 unspecified atom stereocenters. The summed E-state index contributed by atoms with van der Waals surface area (Å²) in [7, 11) is 0. The summed E-state index contributed by atoms with van der Waals surface area (Å²) in [6, 6.07) is 54.6. The Morgan fingerprint density at radius 3 is 2.23 bits per heavy atom. The fourth-order valence-corrected chi connectivity index (χ4v) is 10.5. The lowest BCUT2D eigenvalue weighted by Crippen LogP contribution is -2.15. The number of fused-ring (bicyclic) bond motifs is 13. The van der Waals surface area contributed by atoms with Gasteiger partial charge in [0.05, 0.1) is 22.4 Å². The highest BCUT2D eigenvalue weighted by Gasteiger charge is 2.35. The number of nitrogens with zero attached hydrogens (tertiary/aromatic N) is 4. The molecule has 10 aromatic rings. The molecular formula is C51H36N4S. The molecule has 0 bridgehead atoms. The van der Waals surface area contributed by atoms with Gasteiger partial charge in [-0.2, -0.15) is 0 Å². The van der Waals surface area contributed by atoms with Crippen LogP contribution in [0.3, 0.4) is 0 Å². The van der Waals surface area contributed by atoms with Crippen LogP contribution in [0.4, 0.5) is 5.69 Å². The molecule has 266 valence electrons. The zero-order valence-corrected chi connectivity index (χ0v) is 31.9. The van der Waals surface area contributed by atoms with E-state index in [1.807, 2.05) is 29.7 Å². The standard InChI is InChI=1S/C51H36N4S/c1-51(2)40-18-9-6-13-34(40)35-27-22-31(29-41(35)51)30-43-42(19-12-28-53-43)54-50(52-3)32-23-25-33(26-24-32)55-44-20-10-7-16-38(44)47-48(55)37-15-5-4-14-36(37)46-39-17-8-11-21-45(39)56-49(46)47/h4-29H,3,30H2,1-2H3. The Morgan fingerprint density at radius 1 is 0.679 bits per heavy atom. The molecule has 56 heavy (non-hydrogen) atoms. The minimum absolute atomic E-state index is 0.0592. The average Bonchev–Trinajstić information content (AvgIpc) is 3.87. The summed E-state index contributed by atoms with van der Waals surface area (Å²) in [6.07, 6.45) is 2.51. The van der Waals surface area contributed by atoms with E-state index in [4.69, 9.17) is 9.98 Å². The number of para-hydroxylation sites is 1. The molecular weight excluding hydrogens is 701 g/mol. The fourth-order valence-electron chi connectivity index (χ4n) is 9.18. The van der Waals surface area contributed by atoms with Gasteiger partial charge in [-0.15, -0.1) is 11.3 Å². The zero-order chi connectivity index (χ0) is 37.5. The molecule has 1 aliphatic carbocycles. The maximum absolute atomic E-state index is 5.08. The van der Waals surface area contributed by atoms with Crippen molar-refractivity contribution in [2.45, 2.75) is 25.7 Å². The second-order valence-corrected chi connectivity index (χ2v) is 16.3. The quantitative estimate of drug-likeness (QED) is 0.128. The molecule has 11 rings (SSSR count). The van der Waals surface area contributed by atoms with Gasteiger partial charge in [0.25, 0.3) is 0 Å². The summed E-state index contributed by atoms with van der Waals surface area (Å²) in [5.41, 5.74) is 12.6. The van der Waals surface area contributed by atoms with E-state index in [1.54, 1.807) is 0 Å². The number of pyridine rings is 1. The van der Waals surface area contributed by atoms with Gasteiger partial charge >= 0.3 is 0 Å². The molecule has 0 amide bonds. The van der Waals surface area contributed by atoms with Gasteiger partial charge in [-0.05, 0) is 88.5 Å². The smallest absolute Gasteiger partial charge is 0.159 e. The third-order valence-electron chi connectivity index (χ3n) is 11.8. The fraction of sp³-hybridized carbons (Fsp3) is 0.0784. The number of aliphatic imine (C=N–C) groups is 2. The lowest BCUT2D eigenvalue weighted by atomic mass is 9.82. The van der Waals surface area contributed by atoms with Crippen molar-refractivity contribution >= 4 is 82.3 Å². The largest absolute Gasteiger partial charge is 0.309 e. The number of benzene rings is 7. The molecule has 4 nitrogen and oxygen atoms in total. The van der Waals surface area contributed by atoms with Crippen molar-refractivity contribution in [1.82, 2.24) is 9.55 Å². The maximum Gasteiger partial charge on any atom is 0.159 e. The Bertz CT molecular complexity index is 3270. The lowest BCUT2D eigenvalue weighted by Gasteiger charge is -2.22. The number of hydrogen-bond acceptors (Lipinski definition) is 3. The van der Waals surface area contributed by atoms with E-state index in [-0.39, 0.29) is 5.41 Å². The van der Waals surface area contributed by atoms with Gasteiger partial charge in [-0.25, -0.2) is 9.98 Å².